The van der Waals surface area contributed by atoms with E-state index in [-0.39, 0.29) is 0 Å². The molecule has 0 atom stereocenters. The van der Waals surface area contributed by atoms with E-state index in [1.807, 2.05) is 23.2 Å². The van der Waals surface area contributed by atoms with Crippen LogP contribution in [0.5, 0.6) is 0 Å². The maximum absolute atomic E-state index is 6.04. The van der Waals surface area contributed by atoms with Crippen molar-refractivity contribution in [3.05, 3.63) is 30.3 Å². The topological polar surface area (TPSA) is 29.3 Å². The van der Waals surface area contributed by atoms with Crippen LogP contribution in [0, 0.1) is 0 Å². The minimum Gasteiger partial charge on any atom is -0.311 e. The highest BCUT2D eigenvalue weighted by atomic mass is 15.4. The first-order valence-corrected chi connectivity index (χ1v) is 8.42. The lowest BCUT2D eigenvalue weighted by atomic mass is 10.1. The zero-order valence-corrected chi connectivity index (χ0v) is 13.2. The second-order valence-corrected chi connectivity index (χ2v) is 5.71. The Bertz CT molecular complexity index is 310. The van der Waals surface area contributed by atoms with E-state index in [0.29, 0.717) is 0 Å². The molecule has 0 saturated carbocycles. The molecule has 0 heterocycles. The van der Waals surface area contributed by atoms with Crippen LogP contribution in [-0.4, -0.2) is 6.54 Å². The molecule has 114 valence electrons. The monoisotopic (exact) mass is 276 g/mol. The van der Waals surface area contributed by atoms with Gasteiger partial charge in [0.15, 0.2) is 0 Å². The lowest BCUT2D eigenvalue weighted by Crippen LogP contribution is -2.31. The van der Waals surface area contributed by atoms with Crippen molar-refractivity contribution in [3.63, 3.8) is 0 Å². The highest BCUT2D eigenvalue weighted by molar-refractivity contribution is 5.43. The molecule has 2 heteroatoms. The molecule has 0 saturated heterocycles. The molecule has 0 bridgehead atoms. The van der Waals surface area contributed by atoms with Crippen LogP contribution in [0.4, 0.5) is 5.69 Å². The first kappa shape index (κ1) is 17.0. The summed E-state index contributed by atoms with van der Waals surface area (Å²) >= 11 is 0. The first-order chi connectivity index (χ1) is 9.84. The second kappa shape index (κ2) is 11.8. The van der Waals surface area contributed by atoms with E-state index in [4.69, 9.17) is 5.84 Å². The van der Waals surface area contributed by atoms with Gasteiger partial charge in [0.25, 0.3) is 0 Å². The molecule has 0 aliphatic carbocycles. The van der Waals surface area contributed by atoms with E-state index in [9.17, 15) is 0 Å². The van der Waals surface area contributed by atoms with Gasteiger partial charge >= 0.3 is 0 Å². The Labute approximate surface area is 125 Å². The van der Waals surface area contributed by atoms with Crippen molar-refractivity contribution in [2.45, 2.75) is 71.1 Å². The molecule has 0 aliphatic rings. The van der Waals surface area contributed by atoms with Gasteiger partial charge in [0.05, 0.1) is 5.69 Å². The van der Waals surface area contributed by atoms with Gasteiger partial charge in [-0.05, 0) is 18.6 Å². The van der Waals surface area contributed by atoms with Crippen molar-refractivity contribution in [2.24, 2.45) is 5.84 Å². The number of anilines is 1. The largest absolute Gasteiger partial charge is 0.311 e. The number of rotatable bonds is 12. The Hall–Kier alpha value is -1.02. The number of para-hydroxylation sites is 1. The number of unbranched alkanes of at least 4 members (excludes halogenated alkanes) is 9. The van der Waals surface area contributed by atoms with Gasteiger partial charge in [-0.2, -0.15) is 0 Å². The third-order valence-electron chi connectivity index (χ3n) is 3.84. The van der Waals surface area contributed by atoms with E-state index in [1.54, 1.807) is 0 Å². The molecular weight excluding hydrogens is 244 g/mol. The quantitative estimate of drug-likeness (QED) is 0.319. The van der Waals surface area contributed by atoms with Crippen LogP contribution < -0.4 is 10.9 Å². The van der Waals surface area contributed by atoms with Crippen LogP contribution in [0.25, 0.3) is 0 Å². The molecule has 0 spiro atoms. The van der Waals surface area contributed by atoms with Crippen molar-refractivity contribution < 1.29 is 0 Å². The van der Waals surface area contributed by atoms with Crippen molar-refractivity contribution in [3.8, 4) is 0 Å². The van der Waals surface area contributed by atoms with E-state index in [1.165, 1.54) is 64.2 Å². The second-order valence-electron chi connectivity index (χ2n) is 5.71. The van der Waals surface area contributed by atoms with Gasteiger partial charge in [-0.15, -0.1) is 0 Å². The number of hydrogen-bond donors (Lipinski definition) is 1. The molecule has 0 fully saturated rings. The summed E-state index contributed by atoms with van der Waals surface area (Å²) in [4.78, 5) is 0. The average Bonchev–Trinajstić information content (AvgIpc) is 2.50. The predicted molar refractivity (Wildman–Crippen MR) is 89.8 cm³/mol. The number of hydrazine groups is 1. The van der Waals surface area contributed by atoms with Gasteiger partial charge in [0.1, 0.15) is 0 Å². The predicted octanol–water partition coefficient (Wildman–Crippen LogP) is 5.29. The molecule has 0 aliphatic heterocycles. The van der Waals surface area contributed by atoms with Gasteiger partial charge in [-0.3, -0.25) is 0 Å². The van der Waals surface area contributed by atoms with Gasteiger partial charge < -0.3 is 5.01 Å². The summed E-state index contributed by atoms with van der Waals surface area (Å²) < 4.78 is 0. The molecule has 0 radical (unpaired) electrons. The molecule has 2 nitrogen and oxygen atoms in total. The Morgan fingerprint density at radius 3 is 1.80 bits per heavy atom. The Morgan fingerprint density at radius 2 is 1.25 bits per heavy atom. The smallest absolute Gasteiger partial charge is 0.0517 e. The zero-order chi connectivity index (χ0) is 14.5. The average molecular weight is 276 g/mol. The lowest BCUT2D eigenvalue weighted by Gasteiger charge is -2.18. The molecule has 1 aromatic carbocycles. The summed E-state index contributed by atoms with van der Waals surface area (Å²) in [6.07, 6.45) is 13.7. The molecular formula is C18H32N2. The number of nitrogens with zero attached hydrogens (tertiary/aromatic N) is 1. The lowest BCUT2D eigenvalue weighted by molar-refractivity contribution is 0.555. The maximum atomic E-state index is 6.04. The molecule has 1 aromatic rings. The Morgan fingerprint density at radius 1 is 0.750 bits per heavy atom. The van der Waals surface area contributed by atoms with Crippen molar-refractivity contribution in [1.29, 1.82) is 0 Å². The van der Waals surface area contributed by atoms with E-state index < -0.39 is 0 Å². The third-order valence-corrected chi connectivity index (χ3v) is 3.84. The molecule has 0 aromatic heterocycles. The van der Waals surface area contributed by atoms with E-state index in [0.717, 1.165) is 12.2 Å². The normalized spacial score (nSPS) is 10.7. The SMILES string of the molecule is CCCCCCCCCCCCN(N)c1ccccc1. The fraction of sp³-hybridized carbons (Fsp3) is 0.667. The Balaban J connectivity index is 1.90. The van der Waals surface area contributed by atoms with Gasteiger partial charge in [-0.25, -0.2) is 5.84 Å². The van der Waals surface area contributed by atoms with Crippen LogP contribution in [-0.2, 0) is 0 Å². The fourth-order valence-corrected chi connectivity index (χ4v) is 2.52. The highest BCUT2D eigenvalue weighted by Crippen LogP contribution is 2.12. The number of benzene rings is 1. The summed E-state index contributed by atoms with van der Waals surface area (Å²) in [5, 5.41) is 1.87. The third kappa shape index (κ3) is 8.21. The summed E-state index contributed by atoms with van der Waals surface area (Å²) in [5.41, 5.74) is 1.11. The highest BCUT2D eigenvalue weighted by Gasteiger charge is 1.99. The maximum Gasteiger partial charge on any atom is 0.0517 e. The van der Waals surface area contributed by atoms with Gasteiger partial charge in [0.2, 0.25) is 0 Å². The van der Waals surface area contributed by atoms with Crippen LogP contribution in [0.3, 0.4) is 0 Å². The van der Waals surface area contributed by atoms with Crippen LogP contribution in [0.1, 0.15) is 71.1 Å². The number of nitrogens with two attached hydrogens (primary N) is 1. The van der Waals surface area contributed by atoms with E-state index >= 15 is 0 Å². The van der Waals surface area contributed by atoms with E-state index in [2.05, 4.69) is 19.1 Å². The van der Waals surface area contributed by atoms with Crippen molar-refractivity contribution in [2.75, 3.05) is 11.6 Å². The minimum absolute atomic E-state index is 0.959. The van der Waals surface area contributed by atoms with Crippen LogP contribution in [0.2, 0.25) is 0 Å². The molecule has 0 unspecified atom stereocenters. The first-order valence-electron chi connectivity index (χ1n) is 8.42. The molecule has 1 rings (SSSR count). The molecule has 2 N–H and O–H groups in total. The number of hydrogen-bond acceptors (Lipinski definition) is 2. The summed E-state index contributed by atoms with van der Waals surface area (Å²) in [6.45, 7) is 3.23. The minimum atomic E-state index is 0.959. The van der Waals surface area contributed by atoms with Crippen molar-refractivity contribution in [1.82, 2.24) is 0 Å². The van der Waals surface area contributed by atoms with Gasteiger partial charge in [-0.1, -0.05) is 82.9 Å². The molecule has 0 amide bonds. The Kier molecular flexibility index (Phi) is 10.0. The standard InChI is InChI=1S/C18H32N2/c1-2-3-4-5-6-7-8-9-10-14-17-20(19)18-15-12-11-13-16-18/h11-13,15-16H,2-10,14,17,19H2,1H3. The summed E-state index contributed by atoms with van der Waals surface area (Å²) in [6, 6.07) is 10.2. The zero-order valence-electron chi connectivity index (χ0n) is 13.2. The molecule has 20 heavy (non-hydrogen) atoms. The van der Waals surface area contributed by atoms with Gasteiger partial charge in [0, 0.05) is 6.54 Å². The van der Waals surface area contributed by atoms with Crippen molar-refractivity contribution >= 4 is 5.69 Å². The van der Waals surface area contributed by atoms with Crippen LogP contribution in [0.15, 0.2) is 30.3 Å². The summed E-state index contributed by atoms with van der Waals surface area (Å²) in [5.74, 6) is 6.04. The summed E-state index contributed by atoms with van der Waals surface area (Å²) in [7, 11) is 0. The van der Waals surface area contributed by atoms with Crippen LogP contribution >= 0.6 is 0 Å². The fourth-order valence-electron chi connectivity index (χ4n) is 2.52.